The maximum atomic E-state index is 11.8. The molecule has 0 aliphatic rings. The fraction of sp³-hybridized carbons (Fsp3) is 0.200. The third-order valence-electron chi connectivity index (χ3n) is 3.21. The van der Waals surface area contributed by atoms with Gasteiger partial charge >= 0.3 is 11.7 Å². The van der Waals surface area contributed by atoms with Crippen LogP contribution >= 0.6 is 11.6 Å². The summed E-state index contributed by atoms with van der Waals surface area (Å²) in [6.07, 6.45) is 0. The molecule has 0 saturated carbocycles. The van der Waals surface area contributed by atoms with Gasteiger partial charge in [-0.2, -0.15) is 0 Å². The molecule has 0 unspecified atom stereocenters. The molecule has 1 amide bonds. The Bertz CT molecular complexity index is 899. The summed E-state index contributed by atoms with van der Waals surface area (Å²) in [6.45, 7) is -0.565. The molecule has 126 valence electrons. The number of rotatable bonds is 4. The van der Waals surface area contributed by atoms with E-state index in [0.29, 0.717) is 5.02 Å². The van der Waals surface area contributed by atoms with E-state index in [0.717, 1.165) is 15.2 Å². The summed E-state index contributed by atoms with van der Waals surface area (Å²) in [4.78, 5) is 46.9. The van der Waals surface area contributed by atoms with Gasteiger partial charge in [0.05, 0.1) is 5.56 Å². The molecule has 0 radical (unpaired) electrons. The number of halogens is 1. The van der Waals surface area contributed by atoms with Crippen molar-refractivity contribution in [1.82, 2.24) is 9.13 Å². The quantitative estimate of drug-likeness (QED) is 0.810. The number of nitrogens with zero attached hydrogens (tertiary/aromatic N) is 2. The second kappa shape index (κ2) is 7.14. The Kier molecular flexibility index (Phi) is 5.20. The third-order valence-corrected chi connectivity index (χ3v) is 3.46. The second-order valence-electron chi connectivity index (χ2n) is 4.90. The van der Waals surface area contributed by atoms with E-state index in [4.69, 9.17) is 16.3 Å². The van der Waals surface area contributed by atoms with Crippen molar-refractivity contribution in [1.29, 1.82) is 0 Å². The van der Waals surface area contributed by atoms with Gasteiger partial charge in [0.25, 0.3) is 11.5 Å². The monoisotopic (exact) mass is 351 g/mol. The van der Waals surface area contributed by atoms with Gasteiger partial charge in [-0.15, -0.1) is 0 Å². The van der Waals surface area contributed by atoms with Crippen molar-refractivity contribution < 1.29 is 14.3 Å². The van der Waals surface area contributed by atoms with E-state index in [1.807, 2.05) is 0 Å². The smallest absolute Gasteiger partial charge is 0.338 e. The lowest BCUT2D eigenvalue weighted by molar-refractivity contribution is -0.119. The fourth-order valence-corrected chi connectivity index (χ4v) is 1.96. The summed E-state index contributed by atoms with van der Waals surface area (Å²) < 4.78 is 6.86. The number of esters is 1. The molecule has 0 bridgehead atoms. The number of hydrogen-bond acceptors (Lipinski definition) is 5. The number of ether oxygens (including phenoxy) is 1. The highest BCUT2D eigenvalue weighted by Gasteiger charge is 2.12. The molecule has 1 heterocycles. The number of anilines is 1. The lowest BCUT2D eigenvalue weighted by Gasteiger charge is -2.11. The van der Waals surface area contributed by atoms with Crippen LogP contribution in [0.3, 0.4) is 0 Å². The number of benzene rings is 1. The molecular weight excluding hydrogens is 338 g/mol. The molecule has 0 spiro atoms. The molecule has 9 heteroatoms. The number of aromatic nitrogens is 2. The Hall–Kier alpha value is -2.87. The van der Waals surface area contributed by atoms with E-state index in [9.17, 15) is 19.2 Å². The van der Waals surface area contributed by atoms with E-state index in [-0.39, 0.29) is 11.4 Å². The largest absolute Gasteiger partial charge is 0.452 e. The van der Waals surface area contributed by atoms with Crippen molar-refractivity contribution in [3.8, 4) is 0 Å². The maximum Gasteiger partial charge on any atom is 0.338 e. The van der Waals surface area contributed by atoms with Gasteiger partial charge in [-0.3, -0.25) is 18.7 Å². The molecule has 0 fully saturated rings. The molecule has 1 aromatic heterocycles. The zero-order valence-corrected chi connectivity index (χ0v) is 13.7. The Balaban J connectivity index is 2.02. The molecule has 1 N–H and O–H groups in total. The molecular formula is C15H14ClN3O5. The van der Waals surface area contributed by atoms with Crippen LogP contribution in [0.5, 0.6) is 0 Å². The van der Waals surface area contributed by atoms with Crippen LogP contribution in [0.15, 0.2) is 39.9 Å². The molecule has 0 aliphatic heterocycles. The van der Waals surface area contributed by atoms with Crippen molar-refractivity contribution in [3.05, 3.63) is 61.8 Å². The molecule has 1 aromatic carbocycles. The van der Waals surface area contributed by atoms with Crippen LogP contribution in [0.4, 0.5) is 5.82 Å². The van der Waals surface area contributed by atoms with Crippen molar-refractivity contribution >= 4 is 29.3 Å². The van der Waals surface area contributed by atoms with Crippen LogP contribution in [0, 0.1) is 0 Å². The second-order valence-corrected chi connectivity index (χ2v) is 5.34. The minimum Gasteiger partial charge on any atom is -0.452 e. The van der Waals surface area contributed by atoms with Gasteiger partial charge in [-0.05, 0) is 24.3 Å². The highest BCUT2D eigenvalue weighted by atomic mass is 35.5. The first kappa shape index (κ1) is 17.5. The average Bonchev–Trinajstić information content (AvgIpc) is 2.56. The van der Waals surface area contributed by atoms with E-state index >= 15 is 0 Å². The van der Waals surface area contributed by atoms with Gasteiger partial charge in [0.1, 0.15) is 5.82 Å². The Labute approximate surface area is 141 Å². The number of hydrogen-bond donors (Lipinski definition) is 1. The zero-order valence-electron chi connectivity index (χ0n) is 12.9. The summed E-state index contributed by atoms with van der Waals surface area (Å²) in [5.74, 6) is -1.36. The number of amides is 1. The molecule has 0 atom stereocenters. The number of nitrogens with one attached hydrogen (secondary N) is 1. The fourth-order valence-electron chi connectivity index (χ4n) is 1.83. The van der Waals surface area contributed by atoms with E-state index in [2.05, 4.69) is 5.32 Å². The van der Waals surface area contributed by atoms with Crippen LogP contribution in [-0.4, -0.2) is 27.6 Å². The van der Waals surface area contributed by atoms with Gasteiger partial charge in [0.2, 0.25) is 0 Å². The first-order valence-electron chi connectivity index (χ1n) is 6.79. The van der Waals surface area contributed by atoms with Gasteiger partial charge in [0.15, 0.2) is 6.61 Å². The SMILES string of the molecule is Cn1c(NC(=O)COC(=O)c2ccc(Cl)cc2)cc(=O)n(C)c1=O. The lowest BCUT2D eigenvalue weighted by Crippen LogP contribution is -2.38. The standard InChI is InChI=1S/C15H14ClN3O5/c1-18-11(7-13(21)19(2)15(18)23)17-12(20)8-24-14(22)9-3-5-10(16)6-4-9/h3-7H,8H2,1-2H3,(H,17,20). The first-order valence-corrected chi connectivity index (χ1v) is 7.17. The third kappa shape index (κ3) is 3.90. The summed E-state index contributed by atoms with van der Waals surface area (Å²) in [6, 6.07) is 7.07. The highest BCUT2D eigenvalue weighted by molar-refractivity contribution is 6.30. The molecule has 24 heavy (non-hydrogen) atoms. The Morgan fingerprint density at radius 1 is 1.12 bits per heavy atom. The number of carbonyl (C=O) groups excluding carboxylic acids is 2. The average molecular weight is 352 g/mol. The normalized spacial score (nSPS) is 10.3. The minimum absolute atomic E-state index is 0.00985. The molecule has 2 rings (SSSR count). The molecule has 8 nitrogen and oxygen atoms in total. The van der Waals surface area contributed by atoms with Crippen LogP contribution in [0.1, 0.15) is 10.4 Å². The van der Waals surface area contributed by atoms with Crippen LogP contribution < -0.4 is 16.6 Å². The predicted octanol–water partition coefficient (Wildman–Crippen LogP) is 0.533. The molecule has 0 aliphatic carbocycles. The predicted molar refractivity (Wildman–Crippen MR) is 87.3 cm³/mol. The number of carbonyl (C=O) groups is 2. The summed E-state index contributed by atoms with van der Waals surface area (Å²) in [7, 11) is 2.72. The van der Waals surface area contributed by atoms with Crippen LogP contribution in [-0.2, 0) is 23.6 Å². The van der Waals surface area contributed by atoms with E-state index < -0.39 is 29.7 Å². The van der Waals surface area contributed by atoms with Crippen LogP contribution in [0.2, 0.25) is 5.02 Å². The molecule has 2 aromatic rings. The summed E-state index contributed by atoms with van der Waals surface area (Å²) >= 11 is 5.71. The van der Waals surface area contributed by atoms with Gasteiger partial charge in [-0.1, -0.05) is 11.6 Å². The topological polar surface area (TPSA) is 99.4 Å². The van der Waals surface area contributed by atoms with Crippen molar-refractivity contribution in [2.24, 2.45) is 14.1 Å². The molecule has 0 saturated heterocycles. The summed E-state index contributed by atoms with van der Waals surface area (Å²) in [5, 5.41) is 2.82. The van der Waals surface area contributed by atoms with Crippen LogP contribution in [0.25, 0.3) is 0 Å². The minimum atomic E-state index is -0.695. The van der Waals surface area contributed by atoms with E-state index in [1.54, 1.807) is 0 Å². The van der Waals surface area contributed by atoms with Gasteiger partial charge in [0, 0.05) is 25.2 Å². The lowest BCUT2D eigenvalue weighted by atomic mass is 10.2. The maximum absolute atomic E-state index is 11.8. The first-order chi connectivity index (χ1) is 11.3. The van der Waals surface area contributed by atoms with Crippen molar-refractivity contribution in [3.63, 3.8) is 0 Å². The van der Waals surface area contributed by atoms with Gasteiger partial charge in [-0.25, -0.2) is 9.59 Å². The Morgan fingerprint density at radius 3 is 2.38 bits per heavy atom. The summed E-state index contributed by atoms with van der Waals surface area (Å²) in [5.41, 5.74) is -0.907. The van der Waals surface area contributed by atoms with E-state index in [1.165, 1.54) is 38.4 Å². The van der Waals surface area contributed by atoms with Gasteiger partial charge < -0.3 is 10.1 Å². The zero-order chi connectivity index (χ0) is 17.9. The highest BCUT2D eigenvalue weighted by Crippen LogP contribution is 2.10. The van der Waals surface area contributed by atoms with Crippen molar-refractivity contribution in [2.45, 2.75) is 0 Å². The van der Waals surface area contributed by atoms with Crippen molar-refractivity contribution in [2.75, 3.05) is 11.9 Å². The Morgan fingerprint density at radius 2 is 1.75 bits per heavy atom.